The number of ether oxygens (including phenoxy) is 1. The van der Waals surface area contributed by atoms with E-state index in [4.69, 9.17) is 4.74 Å². The van der Waals surface area contributed by atoms with Gasteiger partial charge in [-0.1, -0.05) is 31.6 Å². The van der Waals surface area contributed by atoms with E-state index in [9.17, 15) is 22.8 Å². The SMILES string of the molecule is C/C=C(\C=C(CC)CC)c1ccc(C(=O)Nc2nc3cc4c(cc3n2CCCOCC)n(CC(F)(F)F)c(=O)n4C)s1. The van der Waals surface area contributed by atoms with Gasteiger partial charge in [0.05, 0.1) is 26.9 Å². The number of nitrogens with zero attached hydrogens (tertiary/aromatic N) is 4. The molecule has 1 aromatic carbocycles. The number of hydrogen-bond acceptors (Lipinski definition) is 5. The highest BCUT2D eigenvalue weighted by atomic mass is 32.1. The van der Waals surface area contributed by atoms with Crippen LogP contribution in [-0.4, -0.2) is 44.0 Å². The van der Waals surface area contributed by atoms with Gasteiger partial charge in [-0.15, -0.1) is 11.3 Å². The van der Waals surface area contributed by atoms with Gasteiger partial charge in [-0.3, -0.25) is 19.2 Å². The summed E-state index contributed by atoms with van der Waals surface area (Å²) < 4.78 is 49.1. The fourth-order valence-corrected chi connectivity index (χ4v) is 5.84. The quantitative estimate of drug-likeness (QED) is 0.138. The summed E-state index contributed by atoms with van der Waals surface area (Å²) >= 11 is 1.38. The molecule has 4 aromatic rings. The number of carbonyl (C=O) groups is 1. The van der Waals surface area contributed by atoms with Crippen molar-refractivity contribution in [2.24, 2.45) is 7.05 Å². The van der Waals surface area contributed by atoms with Crippen molar-refractivity contribution in [3.8, 4) is 0 Å². The molecule has 3 aromatic heterocycles. The zero-order valence-corrected chi connectivity index (χ0v) is 25.3. The Morgan fingerprint density at radius 3 is 2.43 bits per heavy atom. The van der Waals surface area contributed by atoms with Gasteiger partial charge in [0, 0.05) is 31.7 Å². The number of benzene rings is 1. The number of fused-ring (bicyclic) bond motifs is 2. The predicted octanol–water partition coefficient (Wildman–Crippen LogP) is 7.14. The summed E-state index contributed by atoms with van der Waals surface area (Å²) in [6, 6.07) is 6.82. The van der Waals surface area contributed by atoms with Crippen molar-refractivity contribution in [1.29, 1.82) is 0 Å². The molecular formula is C30H36F3N5O3S. The van der Waals surface area contributed by atoms with Gasteiger partial charge in [0.25, 0.3) is 5.91 Å². The molecule has 0 atom stereocenters. The number of halogens is 3. The molecule has 1 amide bonds. The van der Waals surface area contributed by atoms with Crippen LogP contribution in [0.4, 0.5) is 19.1 Å². The fraction of sp³-hybridized carbons (Fsp3) is 0.433. The molecule has 8 nitrogen and oxygen atoms in total. The Morgan fingerprint density at radius 2 is 1.79 bits per heavy atom. The van der Waals surface area contributed by atoms with E-state index in [2.05, 4.69) is 30.2 Å². The van der Waals surface area contributed by atoms with Crippen LogP contribution in [0.2, 0.25) is 0 Å². The summed E-state index contributed by atoms with van der Waals surface area (Å²) in [6.45, 7) is 8.10. The second-order valence-electron chi connectivity index (χ2n) is 9.88. The molecule has 226 valence electrons. The third kappa shape index (κ3) is 6.70. The lowest BCUT2D eigenvalue weighted by molar-refractivity contribution is -0.140. The maximum atomic E-state index is 13.4. The van der Waals surface area contributed by atoms with Crippen molar-refractivity contribution >= 4 is 50.8 Å². The van der Waals surface area contributed by atoms with E-state index < -0.39 is 18.4 Å². The molecule has 0 aliphatic carbocycles. The normalized spacial score (nSPS) is 12.4. The van der Waals surface area contributed by atoms with Crippen molar-refractivity contribution in [2.75, 3.05) is 18.5 Å². The average Bonchev–Trinajstić information content (AvgIpc) is 3.63. The largest absolute Gasteiger partial charge is 0.406 e. The van der Waals surface area contributed by atoms with E-state index in [-0.39, 0.29) is 17.4 Å². The van der Waals surface area contributed by atoms with E-state index in [0.29, 0.717) is 52.2 Å². The van der Waals surface area contributed by atoms with Gasteiger partial charge < -0.3 is 9.30 Å². The third-order valence-electron chi connectivity index (χ3n) is 7.14. The zero-order chi connectivity index (χ0) is 30.6. The van der Waals surface area contributed by atoms with E-state index in [0.717, 1.165) is 23.3 Å². The lowest BCUT2D eigenvalue weighted by Crippen LogP contribution is -2.28. The van der Waals surface area contributed by atoms with E-state index in [1.54, 1.807) is 16.7 Å². The van der Waals surface area contributed by atoms with Crippen LogP contribution in [0.5, 0.6) is 0 Å². The van der Waals surface area contributed by atoms with E-state index in [1.807, 2.05) is 26.0 Å². The molecule has 0 spiro atoms. The highest BCUT2D eigenvalue weighted by Gasteiger charge is 2.31. The molecule has 42 heavy (non-hydrogen) atoms. The second-order valence-corrected chi connectivity index (χ2v) is 11.0. The van der Waals surface area contributed by atoms with Gasteiger partial charge in [0.1, 0.15) is 6.54 Å². The monoisotopic (exact) mass is 603 g/mol. The summed E-state index contributed by atoms with van der Waals surface area (Å²) in [6.07, 6.45) is 2.11. The Hall–Kier alpha value is -3.64. The molecule has 0 saturated heterocycles. The molecule has 0 unspecified atom stereocenters. The number of aryl methyl sites for hydroxylation is 2. The lowest BCUT2D eigenvalue weighted by atomic mass is 10.1. The number of carbonyl (C=O) groups excluding carboxylic acids is 1. The molecule has 0 fully saturated rings. The van der Waals surface area contributed by atoms with Crippen molar-refractivity contribution in [2.45, 2.75) is 66.2 Å². The molecule has 0 aliphatic heterocycles. The van der Waals surface area contributed by atoms with Crippen molar-refractivity contribution < 1.29 is 22.7 Å². The summed E-state index contributed by atoms with van der Waals surface area (Å²) in [5, 5.41) is 2.91. The maximum Gasteiger partial charge on any atom is 0.406 e. The topological polar surface area (TPSA) is 83.1 Å². The molecule has 0 bridgehead atoms. The predicted molar refractivity (Wildman–Crippen MR) is 162 cm³/mol. The summed E-state index contributed by atoms with van der Waals surface area (Å²) in [7, 11) is 1.43. The van der Waals surface area contributed by atoms with Crippen molar-refractivity contribution in [3.63, 3.8) is 0 Å². The van der Waals surface area contributed by atoms with Crippen LogP contribution in [0.3, 0.4) is 0 Å². The Morgan fingerprint density at radius 1 is 1.07 bits per heavy atom. The number of aromatic nitrogens is 4. The number of hydrogen-bond donors (Lipinski definition) is 1. The molecule has 12 heteroatoms. The lowest BCUT2D eigenvalue weighted by Gasteiger charge is -2.11. The molecule has 0 saturated carbocycles. The number of thiophene rings is 1. The van der Waals surface area contributed by atoms with Crippen LogP contribution in [0.1, 0.15) is 61.5 Å². The van der Waals surface area contributed by atoms with Gasteiger partial charge >= 0.3 is 11.9 Å². The molecular weight excluding hydrogens is 567 g/mol. The maximum absolute atomic E-state index is 13.4. The first-order valence-electron chi connectivity index (χ1n) is 14.0. The van der Waals surface area contributed by atoms with Gasteiger partial charge in [-0.25, -0.2) is 9.78 Å². The van der Waals surface area contributed by atoms with Crippen LogP contribution in [0.25, 0.3) is 27.6 Å². The van der Waals surface area contributed by atoms with Gasteiger partial charge in [-0.2, -0.15) is 13.2 Å². The van der Waals surface area contributed by atoms with Gasteiger partial charge in [-0.05, 0) is 62.9 Å². The first-order valence-corrected chi connectivity index (χ1v) is 14.8. The van der Waals surface area contributed by atoms with Crippen LogP contribution in [-0.2, 0) is 24.9 Å². The summed E-state index contributed by atoms with van der Waals surface area (Å²) in [5.74, 6) is -0.0660. The number of imidazole rings is 2. The number of rotatable bonds is 12. The minimum Gasteiger partial charge on any atom is -0.382 e. The minimum absolute atomic E-state index is 0.143. The Labute approximate surface area is 246 Å². The number of anilines is 1. The molecule has 3 heterocycles. The van der Waals surface area contributed by atoms with E-state index >= 15 is 0 Å². The summed E-state index contributed by atoms with van der Waals surface area (Å²) in [4.78, 5) is 32.1. The first kappa shape index (κ1) is 31.3. The summed E-state index contributed by atoms with van der Waals surface area (Å²) in [5.41, 5.74) is 3.03. The Bertz CT molecular complexity index is 1700. The van der Waals surface area contributed by atoms with Crippen LogP contribution in [0, 0.1) is 0 Å². The smallest absolute Gasteiger partial charge is 0.382 e. The molecule has 0 radical (unpaired) electrons. The fourth-order valence-electron chi connectivity index (χ4n) is 4.89. The van der Waals surface area contributed by atoms with Crippen LogP contribution >= 0.6 is 11.3 Å². The third-order valence-corrected chi connectivity index (χ3v) is 8.28. The number of nitrogens with one attached hydrogen (secondary N) is 1. The molecule has 0 aliphatic rings. The van der Waals surface area contributed by atoms with Crippen LogP contribution in [0.15, 0.2) is 46.8 Å². The average molecular weight is 604 g/mol. The highest BCUT2D eigenvalue weighted by Crippen LogP contribution is 2.30. The second kappa shape index (κ2) is 13.1. The zero-order valence-electron chi connectivity index (χ0n) is 24.5. The van der Waals surface area contributed by atoms with Gasteiger partial charge in [0.15, 0.2) is 0 Å². The molecule has 1 N–H and O–H groups in total. The Kier molecular flexibility index (Phi) is 9.78. The standard InChI is InChI=1S/C30H36F3N5O3S/c1-6-19(7-2)15-20(8-3)25-11-12-26(42-25)27(39)35-28-34-21-16-23-24(17-22(21)37(28)13-10-14-41-9-4)38(18-30(31,32)33)29(40)36(23)5/h8,11-12,15-17H,6-7,9-10,13-14,18H2,1-5H3,(H,34,35,39)/b20-8+. The molecule has 4 rings (SSSR count). The Balaban J connectivity index is 1.73. The number of amides is 1. The first-order chi connectivity index (χ1) is 20.0. The minimum atomic E-state index is -4.57. The number of alkyl halides is 3. The van der Waals surface area contributed by atoms with Crippen molar-refractivity contribution in [1.82, 2.24) is 18.7 Å². The van der Waals surface area contributed by atoms with Crippen molar-refractivity contribution in [3.05, 3.63) is 62.2 Å². The van der Waals surface area contributed by atoms with E-state index in [1.165, 1.54) is 34.6 Å². The van der Waals surface area contributed by atoms with Gasteiger partial charge in [0.2, 0.25) is 5.95 Å². The number of allylic oxidation sites excluding steroid dienone is 4. The highest BCUT2D eigenvalue weighted by molar-refractivity contribution is 7.15. The van der Waals surface area contributed by atoms with Crippen LogP contribution < -0.4 is 11.0 Å².